The van der Waals surface area contributed by atoms with Crippen molar-refractivity contribution in [2.45, 2.75) is 13.8 Å². The summed E-state index contributed by atoms with van der Waals surface area (Å²) in [5, 5.41) is 8.04. The number of nitrogens with one attached hydrogen (secondary N) is 1. The monoisotopic (exact) mass is 370 g/mol. The highest BCUT2D eigenvalue weighted by atomic mass is 16.5. The molecule has 0 saturated carbocycles. The first-order valence-corrected chi connectivity index (χ1v) is 9.13. The van der Waals surface area contributed by atoms with Crippen LogP contribution in [-0.2, 0) is 0 Å². The van der Waals surface area contributed by atoms with Crippen LogP contribution in [0.25, 0.3) is 16.9 Å². The molecule has 0 saturated heterocycles. The predicted molar refractivity (Wildman–Crippen MR) is 113 cm³/mol. The van der Waals surface area contributed by atoms with Crippen LogP contribution in [0.5, 0.6) is 5.75 Å². The largest absolute Gasteiger partial charge is 0.497 e. The molecule has 5 nitrogen and oxygen atoms in total. The zero-order valence-corrected chi connectivity index (χ0v) is 16.2. The first-order chi connectivity index (χ1) is 13.6. The van der Waals surface area contributed by atoms with Gasteiger partial charge >= 0.3 is 0 Å². The van der Waals surface area contributed by atoms with Crippen LogP contribution in [0.1, 0.15) is 11.3 Å². The highest BCUT2D eigenvalue weighted by Crippen LogP contribution is 2.27. The molecule has 0 amide bonds. The lowest BCUT2D eigenvalue weighted by molar-refractivity contribution is 0.415. The van der Waals surface area contributed by atoms with E-state index in [9.17, 15) is 0 Å². The van der Waals surface area contributed by atoms with Gasteiger partial charge in [0.25, 0.3) is 0 Å². The Morgan fingerprint density at radius 2 is 1.79 bits per heavy atom. The number of pyridine rings is 1. The average molecular weight is 370 g/mol. The van der Waals surface area contributed by atoms with Crippen molar-refractivity contribution in [3.8, 4) is 22.7 Å². The number of aromatic nitrogens is 3. The van der Waals surface area contributed by atoms with E-state index in [2.05, 4.69) is 41.5 Å². The number of ether oxygens (including phenoxy) is 1. The number of nitrogens with zero attached hydrogens (tertiary/aromatic N) is 3. The normalized spacial score (nSPS) is 10.7. The van der Waals surface area contributed by atoms with E-state index in [1.807, 2.05) is 54.1 Å². The smallest absolute Gasteiger partial charge is 0.130 e. The molecule has 0 fully saturated rings. The van der Waals surface area contributed by atoms with Gasteiger partial charge in [-0.15, -0.1) is 0 Å². The summed E-state index contributed by atoms with van der Waals surface area (Å²) in [6.07, 6.45) is 1.81. The van der Waals surface area contributed by atoms with Crippen LogP contribution in [0.3, 0.4) is 0 Å². The highest BCUT2D eigenvalue weighted by Gasteiger charge is 2.11. The number of hydrogen-bond donors (Lipinski definition) is 1. The van der Waals surface area contributed by atoms with Gasteiger partial charge in [0.1, 0.15) is 11.6 Å². The summed E-state index contributed by atoms with van der Waals surface area (Å²) in [6.45, 7) is 4.09. The fourth-order valence-electron chi connectivity index (χ4n) is 3.17. The van der Waals surface area contributed by atoms with Crippen molar-refractivity contribution in [3.63, 3.8) is 0 Å². The maximum absolute atomic E-state index is 5.29. The summed E-state index contributed by atoms with van der Waals surface area (Å²) in [6, 6.07) is 22.2. The van der Waals surface area contributed by atoms with Gasteiger partial charge in [-0.05, 0) is 61.9 Å². The van der Waals surface area contributed by atoms with Crippen LogP contribution in [0.2, 0.25) is 0 Å². The Hall–Kier alpha value is -3.60. The molecule has 0 spiro atoms. The molecule has 5 heteroatoms. The maximum atomic E-state index is 5.29. The van der Waals surface area contributed by atoms with E-state index >= 15 is 0 Å². The van der Waals surface area contributed by atoms with Crippen LogP contribution < -0.4 is 10.1 Å². The molecular formula is C23H22N4O. The summed E-state index contributed by atoms with van der Waals surface area (Å²) < 4.78 is 7.27. The minimum absolute atomic E-state index is 0.764. The van der Waals surface area contributed by atoms with Crippen LogP contribution >= 0.6 is 0 Å². The molecule has 140 valence electrons. The van der Waals surface area contributed by atoms with E-state index in [1.54, 1.807) is 13.3 Å². The Morgan fingerprint density at radius 1 is 0.929 bits per heavy atom. The lowest BCUT2D eigenvalue weighted by Crippen LogP contribution is -2.00. The Labute approximate surface area is 164 Å². The number of rotatable bonds is 5. The van der Waals surface area contributed by atoms with Gasteiger partial charge in [-0.25, -0.2) is 9.67 Å². The first kappa shape index (κ1) is 17.8. The van der Waals surface area contributed by atoms with Gasteiger partial charge in [0.2, 0.25) is 0 Å². The number of anilines is 2. The second kappa shape index (κ2) is 7.56. The summed E-state index contributed by atoms with van der Waals surface area (Å²) in [4.78, 5) is 4.46. The summed E-state index contributed by atoms with van der Waals surface area (Å²) >= 11 is 0. The second-order valence-electron chi connectivity index (χ2n) is 6.71. The first-order valence-electron chi connectivity index (χ1n) is 9.13. The molecule has 0 radical (unpaired) electrons. The lowest BCUT2D eigenvalue weighted by Gasteiger charge is -2.11. The van der Waals surface area contributed by atoms with Crippen molar-refractivity contribution >= 4 is 11.5 Å². The van der Waals surface area contributed by atoms with E-state index in [1.165, 1.54) is 5.56 Å². The second-order valence-corrected chi connectivity index (χ2v) is 6.71. The van der Waals surface area contributed by atoms with E-state index in [0.29, 0.717) is 0 Å². The minimum Gasteiger partial charge on any atom is -0.497 e. The van der Waals surface area contributed by atoms with Crippen LogP contribution in [-0.4, -0.2) is 21.9 Å². The highest BCUT2D eigenvalue weighted by molar-refractivity contribution is 5.68. The topological polar surface area (TPSA) is 52.0 Å². The molecule has 0 bridgehead atoms. The quantitative estimate of drug-likeness (QED) is 0.518. The average Bonchev–Trinajstić information content (AvgIpc) is 3.10. The van der Waals surface area contributed by atoms with E-state index in [0.717, 1.165) is 39.9 Å². The zero-order chi connectivity index (χ0) is 19.5. The van der Waals surface area contributed by atoms with Gasteiger partial charge < -0.3 is 10.1 Å². The molecule has 0 unspecified atom stereocenters. The molecule has 28 heavy (non-hydrogen) atoms. The molecule has 0 aliphatic carbocycles. The third-order valence-electron chi connectivity index (χ3n) is 4.48. The molecule has 2 heterocycles. The zero-order valence-electron chi connectivity index (χ0n) is 16.2. The molecule has 0 aliphatic heterocycles. The van der Waals surface area contributed by atoms with Crippen LogP contribution in [0.4, 0.5) is 11.5 Å². The number of methoxy groups -OCH3 is 1. The maximum Gasteiger partial charge on any atom is 0.130 e. The van der Waals surface area contributed by atoms with Crippen molar-refractivity contribution in [2.24, 2.45) is 0 Å². The van der Waals surface area contributed by atoms with E-state index in [-0.39, 0.29) is 0 Å². The molecule has 2 aromatic heterocycles. The summed E-state index contributed by atoms with van der Waals surface area (Å²) in [5.41, 5.74) is 6.21. The van der Waals surface area contributed by atoms with E-state index < -0.39 is 0 Å². The molecule has 2 aromatic carbocycles. The fourth-order valence-corrected chi connectivity index (χ4v) is 3.17. The third kappa shape index (κ3) is 3.74. The molecule has 4 rings (SSSR count). The molecule has 0 aliphatic rings. The fraction of sp³-hybridized carbons (Fsp3) is 0.130. The molecular weight excluding hydrogens is 348 g/mol. The Bertz CT molecular complexity index is 1120. The van der Waals surface area contributed by atoms with Crippen LogP contribution in [0.15, 0.2) is 72.9 Å². The Morgan fingerprint density at radius 3 is 2.61 bits per heavy atom. The molecule has 4 aromatic rings. The number of aryl methyl sites for hydroxylation is 2. The lowest BCUT2D eigenvalue weighted by atomic mass is 10.1. The van der Waals surface area contributed by atoms with Gasteiger partial charge in [-0.2, -0.15) is 5.10 Å². The number of benzene rings is 2. The third-order valence-corrected chi connectivity index (χ3v) is 4.48. The predicted octanol–water partition coefficient (Wildman–Crippen LogP) is 5.30. The van der Waals surface area contributed by atoms with Crippen LogP contribution in [0, 0.1) is 13.8 Å². The van der Waals surface area contributed by atoms with Gasteiger partial charge in [0, 0.05) is 23.5 Å². The standard InChI is InChI=1S/C23H22N4O/c1-16-6-4-8-20(12-16)27-22(13-17(2)26-27)18-10-11-24-23(14-18)25-19-7-5-9-21(15-19)28-3/h4-15H,1-3H3,(H,24,25). The molecule has 1 N–H and O–H groups in total. The van der Waals surface area contributed by atoms with Gasteiger partial charge in [0.15, 0.2) is 0 Å². The van der Waals surface area contributed by atoms with Crippen molar-refractivity contribution in [1.82, 2.24) is 14.8 Å². The summed E-state index contributed by atoms with van der Waals surface area (Å²) in [5.74, 6) is 1.56. The van der Waals surface area contributed by atoms with Gasteiger partial charge in [-0.3, -0.25) is 0 Å². The van der Waals surface area contributed by atoms with Gasteiger partial charge in [0.05, 0.1) is 24.2 Å². The van der Waals surface area contributed by atoms with E-state index in [4.69, 9.17) is 9.84 Å². The van der Waals surface area contributed by atoms with Gasteiger partial charge in [-0.1, -0.05) is 18.2 Å². The van der Waals surface area contributed by atoms with Crippen molar-refractivity contribution in [3.05, 3.63) is 84.2 Å². The Balaban J connectivity index is 1.70. The minimum atomic E-state index is 0.764. The Kier molecular flexibility index (Phi) is 4.81. The van der Waals surface area contributed by atoms with Crippen molar-refractivity contribution < 1.29 is 4.74 Å². The number of hydrogen-bond acceptors (Lipinski definition) is 4. The summed E-state index contributed by atoms with van der Waals surface area (Å²) in [7, 11) is 1.66. The van der Waals surface area contributed by atoms with Crippen molar-refractivity contribution in [2.75, 3.05) is 12.4 Å². The van der Waals surface area contributed by atoms with Crippen molar-refractivity contribution in [1.29, 1.82) is 0 Å². The SMILES string of the molecule is COc1cccc(Nc2cc(-c3cc(C)nn3-c3cccc(C)c3)ccn2)c1. The molecule has 0 atom stereocenters.